The highest BCUT2D eigenvalue weighted by Crippen LogP contribution is 2.16. The van der Waals surface area contributed by atoms with E-state index in [-0.39, 0.29) is 5.82 Å². The molecule has 0 radical (unpaired) electrons. The molecule has 2 nitrogen and oxygen atoms in total. The van der Waals surface area contributed by atoms with Gasteiger partial charge in [0.05, 0.1) is 11.6 Å². The molecule has 84 valence electrons. The average molecular weight is 236 g/mol. The molecular formula is C12H13FN2S. The quantitative estimate of drug-likeness (QED) is 0.788. The van der Waals surface area contributed by atoms with Crippen molar-refractivity contribution in [3.63, 3.8) is 0 Å². The van der Waals surface area contributed by atoms with Crippen molar-refractivity contribution in [3.8, 4) is 6.07 Å². The molecule has 0 aliphatic carbocycles. The van der Waals surface area contributed by atoms with Gasteiger partial charge in [-0.15, -0.1) is 0 Å². The van der Waals surface area contributed by atoms with E-state index in [1.807, 2.05) is 17.8 Å². The summed E-state index contributed by atoms with van der Waals surface area (Å²) in [5, 5.41) is 8.64. The Hall–Kier alpha value is -1.05. The van der Waals surface area contributed by atoms with Crippen LogP contribution in [0.5, 0.6) is 0 Å². The Bertz CT molecular complexity index is 408. The molecule has 1 aromatic carbocycles. The molecule has 0 atom stereocenters. The lowest BCUT2D eigenvalue weighted by molar-refractivity contribution is 0.290. The van der Waals surface area contributed by atoms with Gasteiger partial charge in [0.1, 0.15) is 5.82 Å². The number of rotatable bonds is 2. The number of hydrogen-bond acceptors (Lipinski definition) is 3. The van der Waals surface area contributed by atoms with Gasteiger partial charge in [0.15, 0.2) is 0 Å². The molecule has 1 aromatic rings. The van der Waals surface area contributed by atoms with Crippen molar-refractivity contribution < 1.29 is 4.39 Å². The minimum Gasteiger partial charge on any atom is -0.297 e. The first-order valence-electron chi connectivity index (χ1n) is 5.28. The van der Waals surface area contributed by atoms with Crippen LogP contribution in [0.1, 0.15) is 11.1 Å². The van der Waals surface area contributed by atoms with Crippen molar-refractivity contribution in [2.24, 2.45) is 0 Å². The maximum absolute atomic E-state index is 13.6. The van der Waals surface area contributed by atoms with Crippen molar-refractivity contribution in [1.29, 1.82) is 5.26 Å². The zero-order valence-electron chi connectivity index (χ0n) is 8.95. The minimum absolute atomic E-state index is 0.266. The van der Waals surface area contributed by atoms with Crippen LogP contribution in [0.2, 0.25) is 0 Å². The van der Waals surface area contributed by atoms with Crippen molar-refractivity contribution in [2.45, 2.75) is 6.54 Å². The largest absolute Gasteiger partial charge is 0.297 e. The first-order chi connectivity index (χ1) is 7.79. The zero-order chi connectivity index (χ0) is 11.4. The van der Waals surface area contributed by atoms with Crippen LogP contribution in [0.4, 0.5) is 4.39 Å². The molecule has 0 spiro atoms. The number of benzene rings is 1. The fourth-order valence-corrected chi connectivity index (χ4v) is 2.72. The van der Waals surface area contributed by atoms with Crippen LogP contribution in [-0.4, -0.2) is 29.5 Å². The molecule has 1 aliphatic rings. The third kappa shape index (κ3) is 2.75. The van der Waals surface area contributed by atoms with E-state index >= 15 is 0 Å². The van der Waals surface area contributed by atoms with E-state index in [2.05, 4.69) is 4.90 Å². The van der Waals surface area contributed by atoms with Gasteiger partial charge in [-0.2, -0.15) is 17.0 Å². The maximum atomic E-state index is 13.6. The summed E-state index contributed by atoms with van der Waals surface area (Å²) >= 11 is 1.94. The lowest BCUT2D eigenvalue weighted by Gasteiger charge is -2.26. The van der Waals surface area contributed by atoms with Crippen molar-refractivity contribution >= 4 is 11.8 Å². The first-order valence-corrected chi connectivity index (χ1v) is 6.43. The van der Waals surface area contributed by atoms with Gasteiger partial charge in [-0.05, 0) is 12.1 Å². The molecule has 0 N–H and O–H groups in total. The Balaban J connectivity index is 2.06. The molecule has 2 rings (SSSR count). The number of halogens is 1. The SMILES string of the molecule is N#Cc1ccc(CN2CCSCC2)c(F)c1. The van der Waals surface area contributed by atoms with E-state index in [9.17, 15) is 4.39 Å². The molecule has 0 saturated carbocycles. The molecule has 1 saturated heterocycles. The highest BCUT2D eigenvalue weighted by atomic mass is 32.2. The summed E-state index contributed by atoms with van der Waals surface area (Å²) in [6.07, 6.45) is 0. The third-order valence-electron chi connectivity index (χ3n) is 2.68. The van der Waals surface area contributed by atoms with Gasteiger partial charge in [0, 0.05) is 36.7 Å². The molecule has 1 heterocycles. The predicted octanol–water partition coefficient (Wildman–Crippen LogP) is 2.25. The molecule has 4 heteroatoms. The molecule has 0 unspecified atom stereocenters. The minimum atomic E-state index is -0.266. The van der Waals surface area contributed by atoms with Gasteiger partial charge in [-0.3, -0.25) is 4.90 Å². The number of nitriles is 1. The monoisotopic (exact) mass is 236 g/mol. The number of hydrogen-bond donors (Lipinski definition) is 0. The van der Waals surface area contributed by atoms with Crippen LogP contribution in [0.15, 0.2) is 18.2 Å². The second-order valence-electron chi connectivity index (χ2n) is 3.81. The van der Waals surface area contributed by atoms with E-state index in [1.165, 1.54) is 6.07 Å². The Labute approximate surface area is 99.1 Å². The number of nitrogens with zero attached hydrogens (tertiary/aromatic N) is 2. The summed E-state index contributed by atoms with van der Waals surface area (Å²) in [4.78, 5) is 2.25. The summed E-state index contributed by atoms with van der Waals surface area (Å²) in [6, 6.07) is 6.65. The second kappa shape index (κ2) is 5.33. The highest BCUT2D eigenvalue weighted by Gasteiger charge is 2.13. The van der Waals surface area contributed by atoms with E-state index in [4.69, 9.17) is 5.26 Å². The van der Waals surface area contributed by atoms with E-state index in [1.54, 1.807) is 12.1 Å². The number of thioether (sulfide) groups is 1. The standard InChI is InChI=1S/C12H13FN2S/c13-12-7-10(8-14)1-2-11(12)9-15-3-5-16-6-4-15/h1-2,7H,3-6,9H2. The van der Waals surface area contributed by atoms with Crippen LogP contribution in [-0.2, 0) is 6.54 Å². The Morgan fingerprint density at radius 1 is 1.38 bits per heavy atom. The second-order valence-corrected chi connectivity index (χ2v) is 5.03. The predicted molar refractivity (Wildman–Crippen MR) is 63.7 cm³/mol. The zero-order valence-corrected chi connectivity index (χ0v) is 9.76. The van der Waals surface area contributed by atoms with E-state index in [0.717, 1.165) is 24.6 Å². The van der Waals surface area contributed by atoms with Gasteiger partial charge in [-0.25, -0.2) is 4.39 Å². The first kappa shape index (κ1) is 11.4. The molecule has 0 amide bonds. The van der Waals surface area contributed by atoms with E-state index < -0.39 is 0 Å². The van der Waals surface area contributed by atoms with Crippen LogP contribution in [0.3, 0.4) is 0 Å². The highest BCUT2D eigenvalue weighted by molar-refractivity contribution is 7.99. The van der Waals surface area contributed by atoms with Crippen LogP contribution in [0.25, 0.3) is 0 Å². The van der Waals surface area contributed by atoms with Crippen molar-refractivity contribution in [2.75, 3.05) is 24.6 Å². The van der Waals surface area contributed by atoms with Crippen molar-refractivity contribution in [3.05, 3.63) is 35.1 Å². The Morgan fingerprint density at radius 2 is 2.12 bits per heavy atom. The normalized spacial score (nSPS) is 17.0. The maximum Gasteiger partial charge on any atom is 0.129 e. The summed E-state index contributed by atoms with van der Waals surface area (Å²) < 4.78 is 13.6. The Kier molecular flexibility index (Phi) is 3.81. The molecular weight excluding hydrogens is 223 g/mol. The Morgan fingerprint density at radius 3 is 2.75 bits per heavy atom. The summed E-state index contributed by atoms with van der Waals surface area (Å²) in [6.45, 7) is 2.69. The van der Waals surface area contributed by atoms with Crippen LogP contribution in [0, 0.1) is 17.1 Å². The third-order valence-corrected chi connectivity index (χ3v) is 3.62. The molecule has 16 heavy (non-hydrogen) atoms. The lowest BCUT2D eigenvalue weighted by Crippen LogP contribution is -2.32. The van der Waals surface area contributed by atoms with Crippen molar-refractivity contribution in [1.82, 2.24) is 4.90 Å². The fourth-order valence-electron chi connectivity index (χ4n) is 1.75. The smallest absolute Gasteiger partial charge is 0.129 e. The topological polar surface area (TPSA) is 27.0 Å². The molecule has 0 aromatic heterocycles. The summed E-state index contributed by atoms with van der Waals surface area (Å²) in [7, 11) is 0. The molecule has 1 aliphatic heterocycles. The van der Waals surface area contributed by atoms with Gasteiger partial charge >= 0.3 is 0 Å². The van der Waals surface area contributed by atoms with E-state index in [0.29, 0.717) is 17.7 Å². The lowest BCUT2D eigenvalue weighted by atomic mass is 10.1. The summed E-state index contributed by atoms with van der Waals surface area (Å²) in [5.74, 6) is 1.98. The fraction of sp³-hybridized carbons (Fsp3) is 0.417. The van der Waals surface area contributed by atoms with Gasteiger partial charge in [0.2, 0.25) is 0 Å². The van der Waals surface area contributed by atoms with Gasteiger partial charge in [-0.1, -0.05) is 6.07 Å². The van der Waals surface area contributed by atoms with Crippen LogP contribution >= 0.6 is 11.8 Å². The molecule has 1 fully saturated rings. The summed E-state index contributed by atoms with van der Waals surface area (Å²) in [5.41, 5.74) is 1.07. The average Bonchev–Trinajstić information content (AvgIpc) is 2.33. The molecule has 0 bridgehead atoms. The van der Waals surface area contributed by atoms with Crippen LogP contribution < -0.4 is 0 Å². The van der Waals surface area contributed by atoms with Gasteiger partial charge < -0.3 is 0 Å². The van der Waals surface area contributed by atoms with Gasteiger partial charge in [0.25, 0.3) is 0 Å².